The van der Waals surface area contributed by atoms with Crippen LogP contribution in [0.15, 0.2) is 47.4 Å². The van der Waals surface area contributed by atoms with E-state index in [1.807, 2.05) is 19.1 Å². The summed E-state index contributed by atoms with van der Waals surface area (Å²) in [5, 5.41) is 2.86. The molecule has 150 valence electrons. The molecule has 2 aromatic rings. The number of benzene rings is 2. The number of rotatable bonds is 5. The summed E-state index contributed by atoms with van der Waals surface area (Å²) in [4.78, 5) is 17.5. The van der Waals surface area contributed by atoms with Crippen LogP contribution in [-0.2, 0) is 9.84 Å². The van der Waals surface area contributed by atoms with Crippen molar-refractivity contribution in [3.8, 4) is 0 Å². The Hall–Kier alpha value is -2.38. The van der Waals surface area contributed by atoms with E-state index in [0.717, 1.165) is 50.2 Å². The number of anilines is 2. The minimum atomic E-state index is -3.48. The van der Waals surface area contributed by atoms with Crippen LogP contribution in [-0.4, -0.2) is 58.2 Å². The minimum Gasteiger partial charge on any atom is -0.369 e. The third kappa shape index (κ3) is 4.54. The maximum absolute atomic E-state index is 12.7. The lowest BCUT2D eigenvalue weighted by Crippen LogP contribution is -2.46. The second kappa shape index (κ2) is 8.32. The van der Waals surface area contributed by atoms with E-state index in [1.54, 1.807) is 12.1 Å². The van der Waals surface area contributed by atoms with Gasteiger partial charge in [0.05, 0.1) is 10.5 Å². The Balaban J connectivity index is 1.77. The molecule has 1 saturated heterocycles. The monoisotopic (exact) mass is 401 g/mol. The quantitative estimate of drug-likeness (QED) is 0.834. The lowest BCUT2D eigenvalue weighted by molar-refractivity contribution is 0.102. The van der Waals surface area contributed by atoms with Gasteiger partial charge in [-0.25, -0.2) is 8.42 Å². The van der Waals surface area contributed by atoms with Gasteiger partial charge >= 0.3 is 0 Å². The molecule has 6 nitrogen and oxygen atoms in total. The van der Waals surface area contributed by atoms with Crippen molar-refractivity contribution in [3.63, 3.8) is 0 Å². The zero-order valence-electron chi connectivity index (χ0n) is 16.6. The first-order chi connectivity index (χ1) is 13.3. The molecule has 1 aliphatic rings. The third-order valence-electron chi connectivity index (χ3n) is 5.17. The molecule has 0 radical (unpaired) electrons. The van der Waals surface area contributed by atoms with Crippen molar-refractivity contribution in [3.05, 3.63) is 53.6 Å². The van der Waals surface area contributed by atoms with Crippen molar-refractivity contribution in [2.24, 2.45) is 0 Å². The number of nitrogens with zero attached hydrogens (tertiary/aromatic N) is 2. The second-order valence-electron chi connectivity index (χ2n) is 7.14. The lowest BCUT2D eigenvalue weighted by atomic mass is 10.1. The first-order valence-electron chi connectivity index (χ1n) is 9.48. The molecule has 1 N–H and O–H groups in total. The van der Waals surface area contributed by atoms with Crippen LogP contribution < -0.4 is 10.2 Å². The van der Waals surface area contributed by atoms with Gasteiger partial charge in [0, 0.05) is 43.8 Å². The molecule has 7 heteroatoms. The fraction of sp³-hybridized carbons (Fsp3) is 0.381. The van der Waals surface area contributed by atoms with E-state index in [9.17, 15) is 13.2 Å². The molecule has 1 amide bonds. The van der Waals surface area contributed by atoms with E-state index in [-0.39, 0.29) is 10.5 Å². The molecule has 1 aliphatic heterocycles. The highest BCUT2D eigenvalue weighted by Crippen LogP contribution is 2.25. The summed E-state index contributed by atoms with van der Waals surface area (Å²) in [7, 11) is -3.48. The average molecular weight is 402 g/mol. The van der Waals surface area contributed by atoms with Gasteiger partial charge in [0.15, 0.2) is 9.84 Å². The van der Waals surface area contributed by atoms with Gasteiger partial charge in [0.2, 0.25) is 0 Å². The number of aryl methyl sites for hydroxylation is 1. The summed E-state index contributed by atoms with van der Waals surface area (Å²) < 4.78 is 23.9. The Morgan fingerprint density at radius 2 is 1.75 bits per heavy atom. The largest absolute Gasteiger partial charge is 0.369 e. The summed E-state index contributed by atoms with van der Waals surface area (Å²) in [6.07, 6.45) is 1.11. The smallest absolute Gasteiger partial charge is 0.256 e. The molecule has 2 aromatic carbocycles. The molecular weight excluding hydrogens is 374 g/mol. The lowest BCUT2D eigenvalue weighted by Gasteiger charge is -2.35. The summed E-state index contributed by atoms with van der Waals surface area (Å²) >= 11 is 0. The van der Waals surface area contributed by atoms with Crippen LogP contribution in [0.25, 0.3) is 0 Å². The summed E-state index contributed by atoms with van der Waals surface area (Å²) in [5.41, 5.74) is 2.93. The first-order valence-corrected chi connectivity index (χ1v) is 11.4. The normalized spacial score (nSPS) is 15.5. The number of piperazine rings is 1. The highest BCUT2D eigenvalue weighted by Gasteiger charge is 2.20. The predicted molar refractivity (Wildman–Crippen MR) is 113 cm³/mol. The maximum Gasteiger partial charge on any atom is 0.256 e. The molecule has 1 heterocycles. The van der Waals surface area contributed by atoms with Crippen LogP contribution in [0.4, 0.5) is 11.4 Å². The third-order valence-corrected chi connectivity index (χ3v) is 6.33. The first kappa shape index (κ1) is 20.4. The standard InChI is InChI=1S/C21H27N3O3S/c1-4-23-11-13-24(14-12-23)17-9-10-19(16(2)15-17)22-21(25)18-7-5-6-8-20(18)28(3,26)27/h5-10,15H,4,11-14H2,1-3H3,(H,22,25). The summed E-state index contributed by atoms with van der Waals surface area (Å²) in [5.74, 6) is -0.423. The van der Waals surface area contributed by atoms with Gasteiger partial charge in [-0.2, -0.15) is 0 Å². The number of carbonyl (C=O) groups is 1. The Kier molecular flexibility index (Phi) is 6.05. The second-order valence-corrected chi connectivity index (χ2v) is 9.13. The number of likely N-dealkylation sites (N-methyl/N-ethyl adjacent to an activating group) is 1. The molecule has 0 aromatic heterocycles. The van der Waals surface area contributed by atoms with E-state index < -0.39 is 15.7 Å². The van der Waals surface area contributed by atoms with E-state index in [4.69, 9.17) is 0 Å². The van der Waals surface area contributed by atoms with E-state index in [1.165, 1.54) is 12.1 Å². The van der Waals surface area contributed by atoms with Gasteiger partial charge in [0.25, 0.3) is 5.91 Å². The highest BCUT2D eigenvalue weighted by atomic mass is 32.2. The Morgan fingerprint density at radius 3 is 2.36 bits per heavy atom. The fourth-order valence-corrected chi connectivity index (χ4v) is 4.36. The number of amides is 1. The molecule has 0 unspecified atom stereocenters. The van der Waals surface area contributed by atoms with Crippen LogP contribution >= 0.6 is 0 Å². The SMILES string of the molecule is CCN1CCN(c2ccc(NC(=O)c3ccccc3S(C)(=O)=O)c(C)c2)CC1. The number of sulfone groups is 1. The Labute approximate surface area is 167 Å². The van der Waals surface area contributed by atoms with E-state index >= 15 is 0 Å². The topological polar surface area (TPSA) is 69.7 Å². The molecule has 0 saturated carbocycles. The molecule has 0 aliphatic carbocycles. The Morgan fingerprint density at radius 1 is 1.07 bits per heavy atom. The number of hydrogen-bond donors (Lipinski definition) is 1. The average Bonchev–Trinajstić information content (AvgIpc) is 2.69. The van der Waals surface area contributed by atoms with Crippen molar-refractivity contribution >= 4 is 27.1 Å². The van der Waals surface area contributed by atoms with Crippen LogP contribution in [0.1, 0.15) is 22.8 Å². The Bertz CT molecular complexity index is 965. The zero-order chi connectivity index (χ0) is 20.3. The van der Waals surface area contributed by atoms with Crippen molar-refractivity contribution in [2.45, 2.75) is 18.7 Å². The molecular formula is C21H27N3O3S. The molecule has 1 fully saturated rings. The minimum absolute atomic E-state index is 0.0376. The number of hydrogen-bond acceptors (Lipinski definition) is 5. The van der Waals surface area contributed by atoms with Gasteiger partial charge in [-0.15, -0.1) is 0 Å². The van der Waals surface area contributed by atoms with Crippen molar-refractivity contribution in [1.29, 1.82) is 0 Å². The summed E-state index contributed by atoms with van der Waals surface area (Å²) in [6.45, 7) is 9.28. The predicted octanol–water partition coefficient (Wildman–Crippen LogP) is 2.79. The van der Waals surface area contributed by atoms with Crippen LogP contribution in [0, 0.1) is 6.92 Å². The van der Waals surface area contributed by atoms with Gasteiger partial charge in [-0.05, 0) is 49.4 Å². The molecule has 0 spiro atoms. The van der Waals surface area contributed by atoms with Gasteiger partial charge < -0.3 is 15.1 Å². The van der Waals surface area contributed by atoms with Crippen LogP contribution in [0.5, 0.6) is 0 Å². The van der Waals surface area contributed by atoms with Crippen LogP contribution in [0.3, 0.4) is 0 Å². The molecule has 3 rings (SSSR count). The van der Waals surface area contributed by atoms with Gasteiger partial charge in [-0.1, -0.05) is 19.1 Å². The summed E-state index contributed by atoms with van der Waals surface area (Å²) in [6, 6.07) is 12.2. The van der Waals surface area contributed by atoms with E-state index in [0.29, 0.717) is 5.69 Å². The van der Waals surface area contributed by atoms with Crippen molar-refractivity contribution < 1.29 is 13.2 Å². The number of carbonyl (C=O) groups excluding carboxylic acids is 1. The molecule has 0 atom stereocenters. The van der Waals surface area contributed by atoms with Gasteiger partial charge in [-0.3, -0.25) is 4.79 Å². The van der Waals surface area contributed by atoms with Crippen LogP contribution in [0.2, 0.25) is 0 Å². The van der Waals surface area contributed by atoms with E-state index in [2.05, 4.69) is 28.1 Å². The highest BCUT2D eigenvalue weighted by molar-refractivity contribution is 7.90. The fourth-order valence-electron chi connectivity index (χ4n) is 3.47. The van der Waals surface area contributed by atoms with Crippen molar-refractivity contribution in [2.75, 3.05) is 49.2 Å². The molecule has 28 heavy (non-hydrogen) atoms. The van der Waals surface area contributed by atoms with Crippen molar-refractivity contribution in [1.82, 2.24) is 4.90 Å². The van der Waals surface area contributed by atoms with Gasteiger partial charge in [0.1, 0.15) is 0 Å². The molecule has 0 bridgehead atoms. The number of nitrogens with one attached hydrogen (secondary N) is 1. The maximum atomic E-state index is 12.7. The zero-order valence-corrected chi connectivity index (χ0v) is 17.4.